The number of fused-ring (bicyclic) bond motifs is 1. The third-order valence-electron chi connectivity index (χ3n) is 2.79. The molecule has 5 heteroatoms. The topological polar surface area (TPSA) is 70.8 Å². The van der Waals surface area contributed by atoms with Gasteiger partial charge in [-0.05, 0) is 12.1 Å². The number of anilines is 2. The molecular weight excluding hydrogens is 218 g/mol. The van der Waals surface area contributed by atoms with Crippen molar-refractivity contribution in [3.63, 3.8) is 0 Å². The molecule has 0 saturated heterocycles. The first-order chi connectivity index (χ1) is 8.31. The van der Waals surface area contributed by atoms with E-state index in [1.807, 2.05) is 18.2 Å². The number of nitrogen functional groups attached to an aromatic ring is 1. The van der Waals surface area contributed by atoms with E-state index in [0.29, 0.717) is 13.2 Å². The summed E-state index contributed by atoms with van der Waals surface area (Å²) in [6.45, 7) is 4.15. The minimum Gasteiger partial charge on any atom is -0.489 e. The first-order valence-corrected chi connectivity index (χ1v) is 5.90. The van der Waals surface area contributed by atoms with Crippen molar-refractivity contribution in [3.05, 3.63) is 18.2 Å². The molecular formula is C12H19N3O2. The highest BCUT2D eigenvalue weighted by atomic mass is 16.5. The SMILES string of the molecule is Nc1ccc2c(c1)OCCN2CCNCCO. The highest BCUT2D eigenvalue weighted by molar-refractivity contribution is 5.65. The molecule has 1 aromatic rings. The van der Waals surface area contributed by atoms with E-state index in [9.17, 15) is 0 Å². The van der Waals surface area contributed by atoms with Crippen molar-refractivity contribution < 1.29 is 9.84 Å². The standard InChI is InChI=1S/C12H19N3O2/c13-10-1-2-11-12(9-10)17-8-6-15(11)5-3-14-4-7-16/h1-2,9,14,16H,3-8,13H2. The van der Waals surface area contributed by atoms with Gasteiger partial charge in [0.05, 0.1) is 18.8 Å². The van der Waals surface area contributed by atoms with E-state index in [2.05, 4.69) is 10.2 Å². The Bertz CT molecular complexity index is 371. The minimum atomic E-state index is 0.177. The van der Waals surface area contributed by atoms with E-state index in [-0.39, 0.29) is 6.61 Å². The quantitative estimate of drug-likeness (QED) is 0.498. The molecule has 0 bridgehead atoms. The third kappa shape index (κ3) is 3.01. The number of ether oxygens (including phenoxy) is 1. The zero-order valence-electron chi connectivity index (χ0n) is 9.85. The lowest BCUT2D eigenvalue weighted by Gasteiger charge is -2.31. The zero-order valence-corrected chi connectivity index (χ0v) is 9.85. The van der Waals surface area contributed by atoms with Gasteiger partial charge in [0.2, 0.25) is 0 Å². The van der Waals surface area contributed by atoms with Crippen LogP contribution in [0.1, 0.15) is 0 Å². The van der Waals surface area contributed by atoms with E-state index in [0.717, 1.165) is 36.8 Å². The largest absolute Gasteiger partial charge is 0.489 e. The summed E-state index contributed by atoms with van der Waals surface area (Å²) in [6.07, 6.45) is 0. The molecule has 0 atom stereocenters. The van der Waals surface area contributed by atoms with E-state index in [1.165, 1.54) is 0 Å². The Labute approximate surface area is 101 Å². The first kappa shape index (κ1) is 12.0. The molecule has 1 aliphatic heterocycles. The highest BCUT2D eigenvalue weighted by Gasteiger charge is 2.17. The number of nitrogens with zero attached hydrogens (tertiary/aromatic N) is 1. The van der Waals surface area contributed by atoms with Crippen molar-refractivity contribution in [2.45, 2.75) is 0 Å². The van der Waals surface area contributed by atoms with Crippen LogP contribution in [0, 0.1) is 0 Å². The lowest BCUT2D eigenvalue weighted by molar-refractivity contribution is 0.290. The number of aliphatic hydroxyl groups is 1. The maximum atomic E-state index is 8.68. The van der Waals surface area contributed by atoms with Crippen molar-refractivity contribution in [1.29, 1.82) is 0 Å². The Hall–Kier alpha value is -1.46. The number of benzene rings is 1. The Balaban J connectivity index is 1.97. The Morgan fingerprint density at radius 3 is 3.12 bits per heavy atom. The molecule has 0 aromatic heterocycles. The normalized spacial score (nSPS) is 14.3. The minimum absolute atomic E-state index is 0.177. The molecule has 5 nitrogen and oxygen atoms in total. The molecule has 0 aliphatic carbocycles. The van der Waals surface area contributed by atoms with Gasteiger partial charge in [-0.15, -0.1) is 0 Å². The third-order valence-corrected chi connectivity index (χ3v) is 2.79. The van der Waals surface area contributed by atoms with Crippen LogP contribution in [-0.2, 0) is 0 Å². The van der Waals surface area contributed by atoms with E-state index < -0.39 is 0 Å². The summed E-state index contributed by atoms with van der Waals surface area (Å²) < 4.78 is 5.58. The zero-order chi connectivity index (χ0) is 12.1. The smallest absolute Gasteiger partial charge is 0.144 e. The van der Waals surface area contributed by atoms with Gasteiger partial charge in [-0.1, -0.05) is 0 Å². The number of rotatable bonds is 5. The maximum Gasteiger partial charge on any atom is 0.144 e. The van der Waals surface area contributed by atoms with Crippen LogP contribution in [0.4, 0.5) is 11.4 Å². The lowest BCUT2D eigenvalue weighted by Crippen LogP contribution is -2.38. The number of nitrogens with two attached hydrogens (primary N) is 1. The van der Waals surface area contributed by atoms with E-state index in [1.54, 1.807) is 0 Å². The van der Waals surface area contributed by atoms with E-state index in [4.69, 9.17) is 15.6 Å². The summed E-state index contributed by atoms with van der Waals surface area (Å²) in [6, 6.07) is 5.75. The van der Waals surface area contributed by atoms with Gasteiger partial charge in [-0.2, -0.15) is 0 Å². The van der Waals surface area contributed by atoms with Gasteiger partial charge >= 0.3 is 0 Å². The number of hydrogen-bond donors (Lipinski definition) is 3. The van der Waals surface area contributed by atoms with Gasteiger partial charge < -0.3 is 25.8 Å². The molecule has 0 saturated carbocycles. The summed E-state index contributed by atoms with van der Waals surface area (Å²) in [4.78, 5) is 2.27. The molecule has 0 spiro atoms. The second-order valence-electron chi connectivity index (χ2n) is 4.04. The molecule has 0 amide bonds. The van der Waals surface area contributed by atoms with Crippen molar-refractivity contribution in [1.82, 2.24) is 5.32 Å². The van der Waals surface area contributed by atoms with Crippen LogP contribution in [0.5, 0.6) is 5.75 Å². The molecule has 0 unspecified atom stereocenters. The van der Waals surface area contributed by atoms with Crippen LogP contribution in [0.25, 0.3) is 0 Å². The van der Waals surface area contributed by atoms with Crippen LogP contribution in [-0.4, -0.2) is 44.5 Å². The summed E-state index contributed by atoms with van der Waals surface area (Å²) in [5.41, 5.74) is 7.55. The molecule has 4 N–H and O–H groups in total. The molecule has 94 valence electrons. The Kier molecular flexibility index (Phi) is 4.06. The molecule has 2 rings (SSSR count). The molecule has 0 fully saturated rings. The van der Waals surface area contributed by atoms with Crippen LogP contribution in [0.2, 0.25) is 0 Å². The Morgan fingerprint density at radius 2 is 2.29 bits per heavy atom. The highest BCUT2D eigenvalue weighted by Crippen LogP contribution is 2.32. The van der Waals surface area contributed by atoms with Gasteiger partial charge in [0, 0.05) is 31.4 Å². The van der Waals surface area contributed by atoms with Gasteiger partial charge in [-0.3, -0.25) is 0 Å². The average Bonchev–Trinajstić information content (AvgIpc) is 2.34. The molecule has 17 heavy (non-hydrogen) atoms. The fraction of sp³-hybridized carbons (Fsp3) is 0.500. The average molecular weight is 237 g/mol. The number of nitrogens with one attached hydrogen (secondary N) is 1. The molecule has 0 radical (unpaired) electrons. The van der Waals surface area contributed by atoms with Crippen molar-refractivity contribution in [2.24, 2.45) is 0 Å². The number of hydrogen-bond acceptors (Lipinski definition) is 5. The predicted octanol–water partition coefficient (Wildman–Crippen LogP) is 0.0495. The van der Waals surface area contributed by atoms with Gasteiger partial charge in [0.15, 0.2) is 0 Å². The van der Waals surface area contributed by atoms with Crippen molar-refractivity contribution in [2.75, 3.05) is 50.0 Å². The van der Waals surface area contributed by atoms with Crippen LogP contribution in [0.3, 0.4) is 0 Å². The maximum absolute atomic E-state index is 8.68. The monoisotopic (exact) mass is 237 g/mol. The fourth-order valence-electron chi connectivity index (χ4n) is 1.94. The molecule has 1 heterocycles. The molecule has 1 aromatic carbocycles. The number of aliphatic hydroxyl groups excluding tert-OH is 1. The fourth-order valence-corrected chi connectivity index (χ4v) is 1.94. The lowest BCUT2D eigenvalue weighted by atomic mass is 10.2. The van der Waals surface area contributed by atoms with E-state index >= 15 is 0 Å². The summed E-state index contributed by atoms with van der Waals surface area (Å²) >= 11 is 0. The van der Waals surface area contributed by atoms with Gasteiger partial charge in [0.25, 0.3) is 0 Å². The second-order valence-corrected chi connectivity index (χ2v) is 4.04. The first-order valence-electron chi connectivity index (χ1n) is 5.90. The van der Waals surface area contributed by atoms with Crippen molar-refractivity contribution >= 4 is 11.4 Å². The van der Waals surface area contributed by atoms with Crippen LogP contribution < -0.4 is 20.7 Å². The Morgan fingerprint density at radius 1 is 1.41 bits per heavy atom. The summed E-state index contributed by atoms with van der Waals surface area (Å²) in [5.74, 6) is 0.860. The molecule has 1 aliphatic rings. The van der Waals surface area contributed by atoms with Gasteiger partial charge in [-0.25, -0.2) is 0 Å². The predicted molar refractivity (Wildman–Crippen MR) is 68.5 cm³/mol. The van der Waals surface area contributed by atoms with Crippen molar-refractivity contribution in [3.8, 4) is 5.75 Å². The van der Waals surface area contributed by atoms with Crippen LogP contribution >= 0.6 is 0 Å². The van der Waals surface area contributed by atoms with Gasteiger partial charge in [0.1, 0.15) is 12.4 Å². The summed E-state index contributed by atoms with van der Waals surface area (Å²) in [5, 5.41) is 11.8. The van der Waals surface area contributed by atoms with Crippen LogP contribution in [0.15, 0.2) is 18.2 Å². The second kappa shape index (κ2) is 5.75. The summed E-state index contributed by atoms with van der Waals surface area (Å²) in [7, 11) is 0.